The van der Waals surface area contributed by atoms with E-state index < -0.39 is 48.6 Å². The summed E-state index contributed by atoms with van der Waals surface area (Å²) in [6.07, 6.45) is -5.79. The fraction of sp³-hybridized carbons (Fsp3) is 0.524. The van der Waals surface area contributed by atoms with Crippen LogP contribution in [0.15, 0.2) is 16.8 Å². The quantitative estimate of drug-likeness (QED) is 0.634. The molecule has 2 aromatic rings. The second-order valence-electron chi connectivity index (χ2n) is 8.49. The van der Waals surface area contributed by atoms with Crippen molar-refractivity contribution in [2.45, 2.75) is 50.4 Å². The molecule has 0 unspecified atom stereocenters. The first kappa shape index (κ1) is 24.5. The summed E-state index contributed by atoms with van der Waals surface area (Å²) in [6.45, 7) is -1.07. The maximum absolute atomic E-state index is 13.7. The van der Waals surface area contributed by atoms with Gasteiger partial charge in [0.15, 0.2) is 11.5 Å². The molecule has 2 aliphatic heterocycles. The van der Waals surface area contributed by atoms with Crippen LogP contribution in [0.5, 0.6) is 0 Å². The lowest BCUT2D eigenvalue weighted by atomic mass is 10.0. The van der Waals surface area contributed by atoms with E-state index in [1.807, 2.05) is 0 Å². The number of hydrogen-bond donors (Lipinski definition) is 1. The number of fused-ring (bicyclic) bond motifs is 1. The predicted octanol–water partition coefficient (Wildman–Crippen LogP) is 3.08. The molecule has 184 valence electrons. The van der Waals surface area contributed by atoms with E-state index in [1.165, 1.54) is 16.2 Å². The molecule has 2 amide bonds. The van der Waals surface area contributed by atoms with Crippen molar-refractivity contribution in [3.63, 3.8) is 0 Å². The Labute approximate surface area is 195 Å². The van der Waals surface area contributed by atoms with Crippen molar-refractivity contribution in [3.05, 3.63) is 33.8 Å². The van der Waals surface area contributed by atoms with Gasteiger partial charge in [-0.2, -0.15) is 24.5 Å². The highest BCUT2D eigenvalue weighted by Gasteiger charge is 2.41. The molecule has 0 aliphatic carbocycles. The maximum Gasteiger partial charge on any atom is 0.433 e. The van der Waals surface area contributed by atoms with Gasteiger partial charge in [0, 0.05) is 54.9 Å². The van der Waals surface area contributed by atoms with E-state index >= 15 is 0 Å². The van der Waals surface area contributed by atoms with E-state index in [4.69, 9.17) is 5.73 Å². The molecule has 0 radical (unpaired) electrons. The number of likely N-dealkylation sites (tertiary alicyclic amines) is 1. The number of carbonyl (C=O) groups excluding carboxylic acids is 2. The van der Waals surface area contributed by atoms with Crippen molar-refractivity contribution in [2.75, 3.05) is 19.6 Å². The Balaban J connectivity index is 1.47. The lowest BCUT2D eigenvalue weighted by molar-refractivity contribution is -0.148. The molecular weight excluding hydrogens is 481 g/mol. The van der Waals surface area contributed by atoms with E-state index in [0.717, 1.165) is 4.90 Å². The maximum atomic E-state index is 13.7. The van der Waals surface area contributed by atoms with E-state index in [0.29, 0.717) is 5.56 Å². The number of amides is 2. The summed E-state index contributed by atoms with van der Waals surface area (Å²) in [5.74, 6) is -3.95. The van der Waals surface area contributed by atoms with Crippen molar-refractivity contribution in [1.82, 2.24) is 19.8 Å². The molecule has 1 saturated heterocycles. The molecule has 2 N–H and O–H groups in total. The standard InChI is InChI=1S/C21H22F5N5O2S/c22-20(23)4-1-16(32)31(11-20)8-13(27)7-17(33)30-5-2-14-15(9-30)28-19(12-3-6-34-10-12)29-18(14)21(24,25)26/h3,6,10,13H,1-2,4-5,7-9,11,27H2/t13-/m1/s1. The number of nitrogens with two attached hydrogens (primary N) is 1. The minimum absolute atomic E-state index is 0.0174. The summed E-state index contributed by atoms with van der Waals surface area (Å²) in [5.41, 5.74) is 5.48. The fourth-order valence-corrected chi connectivity index (χ4v) is 4.79. The lowest BCUT2D eigenvalue weighted by Crippen LogP contribution is -2.51. The van der Waals surface area contributed by atoms with Crippen LogP contribution in [0.2, 0.25) is 0 Å². The fourth-order valence-electron chi connectivity index (χ4n) is 4.16. The summed E-state index contributed by atoms with van der Waals surface area (Å²) in [7, 11) is 0. The minimum Gasteiger partial charge on any atom is -0.336 e. The Kier molecular flexibility index (Phi) is 6.60. The number of rotatable bonds is 5. The molecule has 34 heavy (non-hydrogen) atoms. The smallest absolute Gasteiger partial charge is 0.336 e. The van der Waals surface area contributed by atoms with Gasteiger partial charge in [-0.3, -0.25) is 9.59 Å². The van der Waals surface area contributed by atoms with E-state index in [9.17, 15) is 31.5 Å². The average Bonchev–Trinajstić information content (AvgIpc) is 3.29. The van der Waals surface area contributed by atoms with Crippen molar-refractivity contribution in [3.8, 4) is 11.4 Å². The number of thiophene rings is 1. The third-order valence-corrected chi connectivity index (χ3v) is 6.52. The van der Waals surface area contributed by atoms with Crippen LogP contribution in [0.25, 0.3) is 11.4 Å². The molecule has 4 rings (SSSR count). The number of nitrogens with zero attached hydrogens (tertiary/aromatic N) is 4. The highest BCUT2D eigenvalue weighted by atomic mass is 32.1. The van der Waals surface area contributed by atoms with Gasteiger partial charge in [-0.1, -0.05) is 0 Å². The zero-order valence-electron chi connectivity index (χ0n) is 17.9. The number of hydrogen-bond acceptors (Lipinski definition) is 6. The Morgan fingerprint density at radius 1 is 1.26 bits per heavy atom. The van der Waals surface area contributed by atoms with Crippen LogP contribution < -0.4 is 5.73 Å². The summed E-state index contributed by atoms with van der Waals surface area (Å²) >= 11 is 1.30. The van der Waals surface area contributed by atoms with Crippen molar-refractivity contribution >= 4 is 23.2 Å². The molecule has 7 nitrogen and oxygen atoms in total. The van der Waals surface area contributed by atoms with Crippen LogP contribution in [0, 0.1) is 0 Å². The number of aromatic nitrogens is 2. The Hall–Kier alpha value is -2.67. The van der Waals surface area contributed by atoms with Crippen LogP contribution >= 0.6 is 11.3 Å². The van der Waals surface area contributed by atoms with Crippen molar-refractivity contribution in [2.24, 2.45) is 5.73 Å². The third kappa shape index (κ3) is 5.35. The first-order valence-electron chi connectivity index (χ1n) is 10.6. The molecule has 1 fully saturated rings. The van der Waals surface area contributed by atoms with Crippen LogP contribution in [0.4, 0.5) is 22.0 Å². The van der Waals surface area contributed by atoms with Gasteiger partial charge in [0.1, 0.15) is 0 Å². The van der Waals surface area contributed by atoms with Gasteiger partial charge in [0.25, 0.3) is 5.92 Å². The molecule has 2 aliphatic rings. The van der Waals surface area contributed by atoms with E-state index in [2.05, 4.69) is 9.97 Å². The first-order valence-corrected chi connectivity index (χ1v) is 11.6. The molecule has 1 atom stereocenters. The molecular formula is C21H22F5N5O2S. The van der Waals surface area contributed by atoms with Crippen LogP contribution in [-0.2, 0) is 28.7 Å². The van der Waals surface area contributed by atoms with Gasteiger partial charge in [-0.05, 0) is 17.9 Å². The number of carbonyl (C=O) groups is 2. The second-order valence-corrected chi connectivity index (χ2v) is 9.27. The van der Waals surface area contributed by atoms with Crippen LogP contribution in [-0.4, -0.2) is 63.2 Å². The molecule has 0 saturated carbocycles. The zero-order chi connectivity index (χ0) is 24.7. The molecule has 4 heterocycles. The third-order valence-electron chi connectivity index (χ3n) is 5.84. The highest BCUT2D eigenvalue weighted by Crippen LogP contribution is 2.35. The average molecular weight is 503 g/mol. The number of halogens is 5. The molecule has 0 spiro atoms. The molecule has 13 heteroatoms. The van der Waals surface area contributed by atoms with Crippen molar-refractivity contribution in [1.29, 1.82) is 0 Å². The number of alkyl halides is 5. The van der Waals surface area contributed by atoms with Gasteiger partial charge in [0.2, 0.25) is 11.8 Å². The van der Waals surface area contributed by atoms with Crippen molar-refractivity contribution < 1.29 is 31.5 Å². The molecule has 0 aromatic carbocycles. The van der Waals surface area contributed by atoms with Gasteiger partial charge in [0.05, 0.1) is 18.8 Å². The van der Waals surface area contributed by atoms with Gasteiger partial charge < -0.3 is 15.5 Å². The summed E-state index contributed by atoms with van der Waals surface area (Å²) in [6, 6.07) is 0.729. The molecule has 0 bridgehead atoms. The van der Waals surface area contributed by atoms with Crippen LogP contribution in [0.1, 0.15) is 36.2 Å². The Morgan fingerprint density at radius 2 is 2.03 bits per heavy atom. The minimum atomic E-state index is -4.67. The van der Waals surface area contributed by atoms with Gasteiger partial charge in [-0.15, -0.1) is 0 Å². The first-order chi connectivity index (χ1) is 15.9. The normalized spacial score (nSPS) is 19.2. The summed E-state index contributed by atoms with van der Waals surface area (Å²) in [4.78, 5) is 35.1. The van der Waals surface area contributed by atoms with Gasteiger partial charge in [-0.25, -0.2) is 18.7 Å². The van der Waals surface area contributed by atoms with Crippen LogP contribution in [0.3, 0.4) is 0 Å². The zero-order valence-corrected chi connectivity index (χ0v) is 18.8. The van der Waals surface area contributed by atoms with E-state index in [-0.39, 0.29) is 56.0 Å². The topological polar surface area (TPSA) is 92.4 Å². The summed E-state index contributed by atoms with van der Waals surface area (Å²) < 4.78 is 68.2. The van der Waals surface area contributed by atoms with E-state index in [1.54, 1.807) is 16.8 Å². The van der Waals surface area contributed by atoms with Gasteiger partial charge >= 0.3 is 6.18 Å². The number of piperidine rings is 1. The Morgan fingerprint density at radius 3 is 2.71 bits per heavy atom. The second kappa shape index (κ2) is 9.17. The Bertz CT molecular complexity index is 1080. The predicted molar refractivity (Wildman–Crippen MR) is 113 cm³/mol. The lowest BCUT2D eigenvalue weighted by Gasteiger charge is -2.34. The highest BCUT2D eigenvalue weighted by molar-refractivity contribution is 7.08. The molecule has 2 aromatic heterocycles. The largest absolute Gasteiger partial charge is 0.433 e. The SMILES string of the molecule is N[C@H](CC(=O)N1CCc2c(nc(-c3ccsc3)nc2C(F)(F)F)C1)CN1CC(F)(F)CCC1=O. The summed E-state index contributed by atoms with van der Waals surface area (Å²) in [5, 5.41) is 3.34. The monoisotopic (exact) mass is 503 g/mol.